The molecule has 0 aliphatic heterocycles. The molecule has 9 heteroatoms. The quantitative estimate of drug-likeness (QED) is 0.292. The molecular formula is C23H21N5O3S. The zero-order chi connectivity index (χ0) is 22.3. The van der Waals surface area contributed by atoms with Crippen molar-refractivity contribution in [2.24, 2.45) is 0 Å². The topological polar surface area (TPSA) is 115 Å². The predicted octanol–water partition coefficient (Wildman–Crippen LogP) is 3.42. The zero-order valence-corrected chi connectivity index (χ0v) is 17.7. The number of carbonyl (C=O) groups is 3. The molecule has 0 unspecified atom stereocenters. The fourth-order valence-corrected chi connectivity index (χ4v) is 3.88. The highest BCUT2D eigenvalue weighted by molar-refractivity contribution is 7.12. The third-order valence-electron chi connectivity index (χ3n) is 4.80. The van der Waals surface area contributed by atoms with E-state index in [4.69, 9.17) is 0 Å². The second-order valence-corrected chi connectivity index (χ2v) is 7.95. The Bertz CT molecular complexity index is 1220. The number of hydrazine groups is 1. The third-order valence-corrected chi connectivity index (χ3v) is 5.67. The van der Waals surface area contributed by atoms with Gasteiger partial charge in [0.25, 0.3) is 11.8 Å². The number of anilines is 1. The van der Waals surface area contributed by atoms with Crippen molar-refractivity contribution < 1.29 is 14.4 Å². The smallest absolute Gasteiger partial charge is 0.337 e. The Balaban J connectivity index is 1.45. The second kappa shape index (κ2) is 9.80. The van der Waals surface area contributed by atoms with Crippen LogP contribution in [0.25, 0.3) is 10.9 Å². The van der Waals surface area contributed by atoms with Gasteiger partial charge in [0.05, 0.1) is 4.88 Å². The lowest BCUT2D eigenvalue weighted by Gasteiger charge is -2.18. The average molecular weight is 448 g/mol. The van der Waals surface area contributed by atoms with E-state index >= 15 is 0 Å². The molecule has 1 atom stereocenters. The van der Waals surface area contributed by atoms with E-state index in [9.17, 15) is 14.4 Å². The monoisotopic (exact) mass is 447 g/mol. The lowest BCUT2D eigenvalue weighted by atomic mass is 10.0. The maximum absolute atomic E-state index is 12.9. The molecule has 8 nitrogen and oxygen atoms in total. The number of thiophene rings is 1. The molecule has 2 heterocycles. The van der Waals surface area contributed by atoms with Crippen molar-refractivity contribution in [3.63, 3.8) is 0 Å². The molecule has 2 aromatic carbocycles. The summed E-state index contributed by atoms with van der Waals surface area (Å²) in [4.78, 5) is 41.3. The number of rotatable bonds is 6. The first-order valence-corrected chi connectivity index (χ1v) is 10.8. The summed E-state index contributed by atoms with van der Waals surface area (Å²) in [6.07, 6.45) is 2.06. The normalized spacial score (nSPS) is 11.5. The van der Waals surface area contributed by atoms with Gasteiger partial charge in [0.2, 0.25) is 0 Å². The highest BCUT2D eigenvalue weighted by Crippen LogP contribution is 2.19. The fourth-order valence-electron chi connectivity index (χ4n) is 3.26. The molecule has 4 rings (SSSR count). The minimum atomic E-state index is -0.902. The number of hydrogen-bond acceptors (Lipinski definition) is 4. The van der Waals surface area contributed by atoms with E-state index in [0.29, 0.717) is 10.6 Å². The Hall–Kier alpha value is -4.11. The predicted molar refractivity (Wildman–Crippen MR) is 124 cm³/mol. The van der Waals surface area contributed by atoms with Crippen molar-refractivity contribution in [1.82, 2.24) is 21.2 Å². The lowest BCUT2D eigenvalue weighted by molar-refractivity contribution is -0.123. The third kappa shape index (κ3) is 5.13. The molecule has 4 aromatic rings. The van der Waals surface area contributed by atoms with Crippen molar-refractivity contribution in [3.8, 4) is 0 Å². The van der Waals surface area contributed by atoms with E-state index < -0.39 is 18.0 Å². The van der Waals surface area contributed by atoms with Gasteiger partial charge in [0.15, 0.2) is 0 Å². The number of benzene rings is 2. The molecule has 0 radical (unpaired) electrons. The summed E-state index contributed by atoms with van der Waals surface area (Å²) in [6, 6.07) is 18.5. The average Bonchev–Trinajstić information content (AvgIpc) is 3.48. The molecule has 0 aliphatic carbocycles. The zero-order valence-electron chi connectivity index (χ0n) is 16.9. The van der Waals surface area contributed by atoms with Crippen molar-refractivity contribution in [2.75, 3.05) is 5.32 Å². The number of H-pyrrole nitrogens is 1. The van der Waals surface area contributed by atoms with Crippen LogP contribution in [-0.4, -0.2) is 28.9 Å². The number of para-hydroxylation sites is 2. The Labute approximate surface area is 188 Å². The van der Waals surface area contributed by atoms with Gasteiger partial charge in [-0.15, -0.1) is 11.3 Å². The van der Waals surface area contributed by atoms with E-state index in [-0.39, 0.29) is 12.3 Å². The Kier molecular flexibility index (Phi) is 6.47. The summed E-state index contributed by atoms with van der Waals surface area (Å²) in [7, 11) is 0. The maximum atomic E-state index is 12.9. The molecule has 4 amide bonds. The van der Waals surface area contributed by atoms with Gasteiger partial charge in [-0.25, -0.2) is 10.2 Å². The molecular weight excluding hydrogens is 426 g/mol. The molecule has 162 valence electrons. The number of carbonyl (C=O) groups excluding carboxylic acids is 3. The molecule has 0 spiro atoms. The number of hydrogen-bond donors (Lipinski definition) is 5. The Morgan fingerprint density at radius 3 is 2.47 bits per heavy atom. The molecule has 0 aliphatic rings. The van der Waals surface area contributed by atoms with Crippen LogP contribution in [0.5, 0.6) is 0 Å². The summed E-state index contributed by atoms with van der Waals surface area (Å²) in [5.41, 5.74) is 7.12. The van der Waals surface area contributed by atoms with E-state index in [1.807, 2.05) is 36.5 Å². The van der Waals surface area contributed by atoms with Gasteiger partial charge >= 0.3 is 6.03 Å². The van der Waals surface area contributed by atoms with E-state index in [1.54, 1.807) is 41.8 Å². The summed E-state index contributed by atoms with van der Waals surface area (Å²) in [5, 5.41) is 8.14. The fraction of sp³-hybridized carbons (Fsp3) is 0.0870. The first-order valence-electron chi connectivity index (χ1n) is 9.91. The number of urea groups is 1. The van der Waals surface area contributed by atoms with Gasteiger partial charge in [0, 0.05) is 29.2 Å². The second-order valence-electron chi connectivity index (χ2n) is 7.00. The van der Waals surface area contributed by atoms with Crippen molar-refractivity contribution in [3.05, 3.63) is 88.7 Å². The minimum Gasteiger partial charge on any atom is -0.361 e. The van der Waals surface area contributed by atoms with Gasteiger partial charge in [-0.1, -0.05) is 42.5 Å². The SMILES string of the molecule is O=C(NNC(=O)[C@@H](Cc1c[nH]c2ccccc12)NC(=O)c1cccs1)Nc1ccccc1. The highest BCUT2D eigenvalue weighted by Gasteiger charge is 2.24. The summed E-state index contributed by atoms with van der Waals surface area (Å²) in [5.74, 6) is -0.892. The number of aromatic amines is 1. The molecule has 0 fully saturated rings. The number of aromatic nitrogens is 1. The van der Waals surface area contributed by atoms with Gasteiger partial charge < -0.3 is 15.6 Å². The minimum absolute atomic E-state index is 0.245. The summed E-state index contributed by atoms with van der Waals surface area (Å²) < 4.78 is 0. The van der Waals surface area contributed by atoms with Crippen LogP contribution in [0.2, 0.25) is 0 Å². The van der Waals surface area contributed by atoms with Crippen LogP contribution in [0, 0.1) is 0 Å². The Morgan fingerprint density at radius 2 is 1.69 bits per heavy atom. The van der Waals surface area contributed by atoms with Gasteiger partial charge in [-0.05, 0) is 35.2 Å². The van der Waals surface area contributed by atoms with Gasteiger partial charge in [-0.2, -0.15) is 0 Å². The molecule has 0 saturated carbocycles. The first kappa shape index (κ1) is 21.1. The summed E-state index contributed by atoms with van der Waals surface area (Å²) >= 11 is 1.29. The number of fused-ring (bicyclic) bond motifs is 1. The Morgan fingerprint density at radius 1 is 0.906 bits per heavy atom. The number of amides is 4. The largest absolute Gasteiger partial charge is 0.361 e. The van der Waals surface area contributed by atoms with Crippen LogP contribution >= 0.6 is 11.3 Å². The molecule has 5 N–H and O–H groups in total. The van der Waals surface area contributed by atoms with Crippen molar-refractivity contribution in [2.45, 2.75) is 12.5 Å². The first-order chi connectivity index (χ1) is 15.6. The highest BCUT2D eigenvalue weighted by atomic mass is 32.1. The molecule has 32 heavy (non-hydrogen) atoms. The maximum Gasteiger partial charge on any atom is 0.337 e. The standard InChI is InChI=1S/C23H21N5O3S/c29-21(27-28-23(31)25-16-7-2-1-3-8-16)19(26-22(30)20-11-6-12-32-20)13-15-14-24-18-10-5-4-9-17(15)18/h1-12,14,19,24H,13H2,(H,26,30)(H,27,29)(H2,25,28,31)/t19-/m1/s1. The van der Waals surface area contributed by atoms with E-state index in [0.717, 1.165) is 16.5 Å². The molecule has 0 saturated heterocycles. The van der Waals surface area contributed by atoms with Crippen molar-refractivity contribution >= 4 is 45.8 Å². The molecule has 2 aromatic heterocycles. The van der Waals surface area contributed by atoms with Crippen molar-refractivity contribution in [1.29, 1.82) is 0 Å². The van der Waals surface area contributed by atoms with Crippen LogP contribution in [0.4, 0.5) is 10.5 Å². The van der Waals surface area contributed by atoms with Crippen LogP contribution in [0.1, 0.15) is 15.2 Å². The number of nitrogens with one attached hydrogen (secondary N) is 5. The van der Waals surface area contributed by atoms with E-state index in [1.165, 1.54) is 11.3 Å². The molecule has 0 bridgehead atoms. The van der Waals surface area contributed by atoms with Crippen LogP contribution in [0.3, 0.4) is 0 Å². The van der Waals surface area contributed by atoms with E-state index in [2.05, 4.69) is 26.5 Å². The van der Waals surface area contributed by atoms with Gasteiger partial charge in [0.1, 0.15) is 6.04 Å². The van der Waals surface area contributed by atoms with Crippen LogP contribution in [-0.2, 0) is 11.2 Å². The lowest BCUT2D eigenvalue weighted by Crippen LogP contribution is -2.53. The summed E-state index contributed by atoms with van der Waals surface area (Å²) in [6.45, 7) is 0. The van der Waals surface area contributed by atoms with Gasteiger partial charge in [-0.3, -0.25) is 15.0 Å². The van der Waals surface area contributed by atoms with Crippen LogP contribution < -0.4 is 21.5 Å². The van der Waals surface area contributed by atoms with Crippen LogP contribution in [0.15, 0.2) is 78.3 Å².